The van der Waals surface area contributed by atoms with Crippen LogP contribution in [0.25, 0.3) is 0 Å². The summed E-state index contributed by atoms with van der Waals surface area (Å²) >= 11 is 0. The highest BCUT2D eigenvalue weighted by molar-refractivity contribution is 4.80. The fourth-order valence-electron chi connectivity index (χ4n) is 1.28. The van der Waals surface area contributed by atoms with Crippen LogP contribution in [0, 0.1) is 0 Å². The zero-order chi connectivity index (χ0) is 19.9. The molecule has 0 aromatic heterocycles. The molecule has 0 radical (unpaired) electrons. The van der Waals surface area contributed by atoms with Gasteiger partial charge in [0.2, 0.25) is 0 Å². The Bertz CT molecular complexity index is 457. The average molecular weight is 382 g/mol. The van der Waals surface area contributed by atoms with Crippen molar-refractivity contribution in [3.05, 3.63) is 12.7 Å². The number of aliphatic hydroxyl groups is 11. The van der Waals surface area contributed by atoms with Crippen LogP contribution in [0.5, 0.6) is 0 Å². The summed E-state index contributed by atoms with van der Waals surface area (Å²) in [6, 6.07) is 0. The molecule has 1 heterocycles. The van der Waals surface area contributed by atoms with Crippen molar-refractivity contribution in [2.75, 3.05) is 0 Å². The second-order valence-electron chi connectivity index (χ2n) is 4.19. The summed E-state index contributed by atoms with van der Waals surface area (Å²) in [4.78, 5) is 0. The van der Waals surface area contributed by atoms with Crippen LogP contribution in [0.3, 0.4) is 0 Å². The zero-order valence-electron chi connectivity index (χ0n) is 11.7. The maximum Gasteiger partial charge on any atom is 0.419 e. The number of rotatable bonds is 1. The topological polar surface area (TPSA) is 278 Å². The van der Waals surface area contributed by atoms with E-state index in [0.717, 1.165) is 0 Å². The molecule has 0 aromatic carbocycles. The second kappa shape index (κ2) is 6.34. The molecule has 0 aromatic rings. The van der Waals surface area contributed by atoms with Crippen molar-refractivity contribution < 1.29 is 84.6 Å². The summed E-state index contributed by atoms with van der Waals surface area (Å²) in [7, 11) is 0. The van der Waals surface area contributed by atoms with E-state index in [2.05, 4.69) is 35.0 Å². The summed E-state index contributed by atoms with van der Waals surface area (Å²) in [5.41, 5.74) is 0. The van der Waals surface area contributed by atoms with Gasteiger partial charge in [-0.2, -0.15) is 0 Å². The number of hydrogen-bond acceptors (Lipinski definition) is 17. The lowest BCUT2D eigenvalue weighted by Crippen LogP contribution is -2.62. The van der Waals surface area contributed by atoms with Crippen molar-refractivity contribution in [2.24, 2.45) is 0 Å². The van der Waals surface area contributed by atoms with Crippen LogP contribution in [0.15, 0.2) is 12.7 Å². The first kappa shape index (κ1) is 22.1. The van der Waals surface area contributed by atoms with Crippen molar-refractivity contribution in [2.45, 2.75) is 36.8 Å². The largest absolute Gasteiger partial charge is 0.419 e. The molecule has 25 heavy (non-hydrogen) atoms. The molecular formula is C8H14O17. The Hall–Kier alpha value is -0.940. The third kappa shape index (κ3) is 7.06. The SMILES string of the molecule is C=CC1(O)OC(O)(O)OC(O)(O)OC(O)(O)OC(O)(O)OC(O)(O)O1. The third-order valence-corrected chi connectivity index (χ3v) is 1.88. The van der Waals surface area contributed by atoms with Gasteiger partial charge in [-0.1, -0.05) is 6.58 Å². The fraction of sp³-hybridized carbons (Fsp3) is 0.750. The van der Waals surface area contributed by atoms with E-state index in [1.54, 1.807) is 0 Å². The molecule has 1 saturated heterocycles. The van der Waals surface area contributed by atoms with E-state index in [4.69, 9.17) is 30.6 Å². The predicted molar refractivity (Wildman–Crippen MR) is 57.5 cm³/mol. The highest BCUT2D eigenvalue weighted by Crippen LogP contribution is 2.31. The van der Waals surface area contributed by atoms with E-state index in [-0.39, 0.29) is 6.08 Å². The van der Waals surface area contributed by atoms with Gasteiger partial charge >= 0.3 is 36.8 Å². The van der Waals surface area contributed by atoms with Crippen LogP contribution in [0.4, 0.5) is 0 Å². The van der Waals surface area contributed by atoms with E-state index in [9.17, 15) is 25.5 Å². The molecule has 0 spiro atoms. The summed E-state index contributed by atoms with van der Waals surface area (Å²) in [5.74, 6) is -3.71. The molecule has 1 rings (SSSR count). The maximum absolute atomic E-state index is 9.61. The third-order valence-electron chi connectivity index (χ3n) is 1.88. The lowest BCUT2D eigenvalue weighted by Gasteiger charge is -2.40. The first-order valence-corrected chi connectivity index (χ1v) is 5.61. The lowest BCUT2D eigenvalue weighted by molar-refractivity contribution is -0.719. The monoisotopic (exact) mass is 382 g/mol. The quantitative estimate of drug-likeness (QED) is 0.148. The highest BCUT2D eigenvalue weighted by atomic mass is 17.2. The molecule has 1 aliphatic heterocycles. The van der Waals surface area contributed by atoms with Crippen molar-refractivity contribution in [3.63, 3.8) is 0 Å². The van der Waals surface area contributed by atoms with Gasteiger partial charge in [0.25, 0.3) is 0 Å². The molecule has 0 saturated carbocycles. The van der Waals surface area contributed by atoms with Crippen molar-refractivity contribution in [3.8, 4) is 0 Å². The van der Waals surface area contributed by atoms with Gasteiger partial charge in [0.1, 0.15) is 0 Å². The Labute approximate surface area is 135 Å². The lowest BCUT2D eigenvalue weighted by atomic mass is 10.5. The maximum atomic E-state index is 9.61. The Morgan fingerprint density at radius 1 is 0.440 bits per heavy atom. The van der Waals surface area contributed by atoms with Gasteiger partial charge in [-0.05, 0) is 6.08 Å². The molecule has 17 heteroatoms. The van der Waals surface area contributed by atoms with Gasteiger partial charge in [0.05, 0.1) is 0 Å². The van der Waals surface area contributed by atoms with Gasteiger partial charge < -0.3 is 56.2 Å². The molecule has 0 amide bonds. The van der Waals surface area contributed by atoms with E-state index in [1.807, 2.05) is 0 Å². The Kier molecular flexibility index (Phi) is 5.61. The zero-order valence-corrected chi connectivity index (χ0v) is 11.7. The molecule has 1 aliphatic rings. The molecule has 0 atom stereocenters. The van der Waals surface area contributed by atoms with Crippen LogP contribution in [-0.2, 0) is 28.4 Å². The standard InChI is InChI=1S/C8H14O17/c1-2-3(9)20-4(10,11)22-6(14,15)24-8(18,19)25-7(16,17)23-5(12,13)21-3/h2,9-19H,1H2. The number of hydrogen-bond donors (Lipinski definition) is 11. The highest BCUT2D eigenvalue weighted by Gasteiger charge is 2.57. The molecule has 0 aliphatic carbocycles. The minimum Gasteiger partial charge on any atom is -0.340 e. The summed E-state index contributed by atoms with van der Waals surface area (Å²) in [6.07, 6.45) is -22.0. The Morgan fingerprint density at radius 2 is 0.640 bits per heavy atom. The van der Waals surface area contributed by atoms with Crippen LogP contribution >= 0.6 is 0 Å². The normalized spacial score (nSPS) is 30.5. The van der Waals surface area contributed by atoms with Crippen molar-refractivity contribution in [1.82, 2.24) is 0 Å². The molecule has 0 bridgehead atoms. The van der Waals surface area contributed by atoms with Gasteiger partial charge in [-0.15, -0.1) is 0 Å². The van der Waals surface area contributed by atoms with Crippen LogP contribution in [0.2, 0.25) is 0 Å². The summed E-state index contributed by atoms with van der Waals surface area (Å²) in [5, 5.41) is 101. The first-order chi connectivity index (χ1) is 10.8. The van der Waals surface area contributed by atoms with Gasteiger partial charge in [-0.3, -0.25) is 0 Å². The van der Waals surface area contributed by atoms with Crippen molar-refractivity contribution in [1.29, 1.82) is 0 Å². The van der Waals surface area contributed by atoms with E-state index >= 15 is 0 Å². The minimum atomic E-state index is -4.48. The Morgan fingerprint density at radius 3 is 0.840 bits per heavy atom. The van der Waals surface area contributed by atoms with Gasteiger partial charge in [0.15, 0.2) is 0 Å². The molecule has 148 valence electrons. The van der Waals surface area contributed by atoms with E-state index in [1.165, 1.54) is 0 Å². The van der Waals surface area contributed by atoms with Crippen molar-refractivity contribution >= 4 is 0 Å². The second-order valence-corrected chi connectivity index (χ2v) is 4.19. The van der Waals surface area contributed by atoms with Crippen LogP contribution < -0.4 is 0 Å². The molecule has 11 N–H and O–H groups in total. The van der Waals surface area contributed by atoms with Gasteiger partial charge in [0, 0.05) is 0 Å². The fourth-order valence-corrected chi connectivity index (χ4v) is 1.28. The van der Waals surface area contributed by atoms with Crippen LogP contribution in [0.1, 0.15) is 0 Å². The predicted octanol–water partition coefficient (Wildman–Crippen LogP) is -7.09. The molecule has 0 unspecified atom stereocenters. The molecular weight excluding hydrogens is 368 g/mol. The summed E-state index contributed by atoms with van der Waals surface area (Å²) < 4.78 is 21.4. The number of ether oxygens (including phenoxy) is 6. The molecule has 1 fully saturated rings. The van der Waals surface area contributed by atoms with E-state index in [0.29, 0.717) is 0 Å². The van der Waals surface area contributed by atoms with Crippen LogP contribution in [-0.4, -0.2) is 92.9 Å². The first-order valence-electron chi connectivity index (χ1n) is 5.61. The van der Waals surface area contributed by atoms with E-state index < -0.39 is 36.8 Å². The molecule has 17 nitrogen and oxygen atoms in total. The minimum absolute atomic E-state index is 0.0603. The van der Waals surface area contributed by atoms with Gasteiger partial charge in [-0.25, -0.2) is 28.4 Å². The average Bonchev–Trinajstić information content (AvgIpc) is 2.17. The smallest absolute Gasteiger partial charge is 0.340 e. The summed E-state index contributed by atoms with van der Waals surface area (Å²) in [6.45, 7) is 2.80. The Balaban J connectivity index is 3.32.